The number of alkyl halides is 3. The molecule has 0 bridgehead atoms. The second-order valence-corrected chi connectivity index (χ2v) is 7.72. The summed E-state index contributed by atoms with van der Waals surface area (Å²) >= 11 is 0. The average Bonchev–Trinajstić information content (AvgIpc) is 3.18. The Morgan fingerprint density at radius 3 is 2.44 bits per heavy atom. The summed E-state index contributed by atoms with van der Waals surface area (Å²) in [5, 5.41) is 2.40. The number of nitrogens with one attached hydrogen (secondary N) is 1. The number of amides is 2. The maximum Gasteiger partial charge on any atom is 0.452 e. The molecule has 1 aliphatic rings. The number of hydrogen-bond donors (Lipinski definition) is 1. The summed E-state index contributed by atoms with van der Waals surface area (Å²) in [6.45, 7) is 2.21. The number of anilines is 2. The molecule has 1 saturated heterocycles. The van der Waals surface area contributed by atoms with Crippen molar-refractivity contribution in [1.82, 2.24) is 14.9 Å². The molecule has 13 heteroatoms. The maximum absolute atomic E-state index is 13.5. The molecule has 3 heterocycles. The molecule has 0 spiro atoms. The van der Waals surface area contributed by atoms with E-state index >= 15 is 0 Å². The van der Waals surface area contributed by atoms with Gasteiger partial charge in [0.1, 0.15) is 5.82 Å². The summed E-state index contributed by atoms with van der Waals surface area (Å²) in [5.74, 6) is -2.24. The van der Waals surface area contributed by atoms with E-state index in [0.29, 0.717) is 44.0 Å². The first kappa shape index (κ1) is 26.8. The molecule has 3 aromatic rings. The zero-order valence-corrected chi connectivity index (χ0v) is 19.9. The predicted octanol–water partition coefficient (Wildman–Crippen LogP) is 4.71. The van der Waals surface area contributed by atoms with Gasteiger partial charge in [-0.25, -0.2) is 14.8 Å². The molecule has 0 atom stereocenters. The van der Waals surface area contributed by atoms with Gasteiger partial charge in [0.05, 0.1) is 19.0 Å². The lowest BCUT2D eigenvalue weighted by molar-refractivity contribution is -0.153. The van der Waals surface area contributed by atoms with Crippen LogP contribution in [0.2, 0.25) is 0 Å². The Balaban J connectivity index is 0.00000361. The van der Waals surface area contributed by atoms with Gasteiger partial charge in [0.15, 0.2) is 5.69 Å². The van der Waals surface area contributed by atoms with Crippen molar-refractivity contribution in [3.63, 3.8) is 0 Å². The van der Waals surface area contributed by atoms with Crippen molar-refractivity contribution >= 4 is 35.9 Å². The van der Waals surface area contributed by atoms with Gasteiger partial charge >= 0.3 is 12.3 Å². The lowest BCUT2D eigenvalue weighted by atomic mass is 10.2. The van der Waals surface area contributed by atoms with Crippen molar-refractivity contribution < 1.29 is 31.9 Å². The highest BCUT2D eigenvalue weighted by molar-refractivity contribution is 6.04. The van der Waals surface area contributed by atoms with Crippen LogP contribution in [-0.2, 0) is 10.9 Å². The molecule has 0 aliphatic carbocycles. The van der Waals surface area contributed by atoms with Crippen molar-refractivity contribution in [2.75, 3.05) is 43.5 Å². The van der Waals surface area contributed by atoms with Gasteiger partial charge in [-0.05, 0) is 30.7 Å². The van der Waals surface area contributed by atoms with Crippen LogP contribution in [0.15, 0.2) is 53.1 Å². The van der Waals surface area contributed by atoms with E-state index in [0.717, 1.165) is 0 Å². The van der Waals surface area contributed by atoms with Gasteiger partial charge in [-0.3, -0.25) is 4.79 Å². The molecule has 9 nitrogen and oxygen atoms in total. The molecule has 0 unspecified atom stereocenters. The molecular weight excluding hydrogens is 503 g/mol. The Bertz CT molecular complexity index is 1190. The minimum atomic E-state index is -4.90. The van der Waals surface area contributed by atoms with Crippen molar-refractivity contribution in [3.05, 3.63) is 60.1 Å². The SMILES string of the molecule is COC(=O)N1CCCN(c2ccc(NC(=O)c3nc(-c4ccccc4)oc3C(F)(F)F)cn2)CC1.Cl. The molecular formula is C23H23ClF3N5O4. The van der Waals surface area contributed by atoms with E-state index in [4.69, 9.17) is 9.15 Å². The predicted molar refractivity (Wildman–Crippen MR) is 127 cm³/mol. The van der Waals surface area contributed by atoms with Gasteiger partial charge in [-0.1, -0.05) is 18.2 Å². The average molecular weight is 526 g/mol. The van der Waals surface area contributed by atoms with Crippen LogP contribution >= 0.6 is 12.4 Å². The van der Waals surface area contributed by atoms with E-state index in [1.165, 1.54) is 31.5 Å². The third-order valence-corrected chi connectivity index (χ3v) is 5.38. The first-order chi connectivity index (χ1) is 16.8. The minimum Gasteiger partial charge on any atom is -0.453 e. The fourth-order valence-corrected chi connectivity index (χ4v) is 3.67. The van der Waals surface area contributed by atoms with Gasteiger partial charge in [-0.2, -0.15) is 13.2 Å². The van der Waals surface area contributed by atoms with Crippen molar-refractivity contribution in [1.29, 1.82) is 0 Å². The Kier molecular flexibility index (Phi) is 8.41. The van der Waals surface area contributed by atoms with E-state index in [9.17, 15) is 22.8 Å². The fraction of sp³-hybridized carbons (Fsp3) is 0.304. The van der Waals surface area contributed by atoms with Gasteiger partial charge < -0.3 is 24.3 Å². The normalized spacial score (nSPS) is 14.0. The smallest absolute Gasteiger partial charge is 0.452 e. The summed E-state index contributed by atoms with van der Waals surface area (Å²) < 4.78 is 50.2. The molecule has 2 aromatic heterocycles. The number of oxazole rings is 1. The molecule has 0 saturated carbocycles. The van der Waals surface area contributed by atoms with Gasteiger partial charge in [0.2, 0.25) is 11.7 Å². The van der Waals surface area contributed by atoms with Crippen LogP contribution < -0.4 is 10.2 Å². The number of rotatable bonds is 4. The molecule has 1 aliphatic heterocycles. The van der Waals surface area contributed by atoms with Crippen LogP contribution in [0, 0.1) is 0 Å². The molecule has 4 rings (SSSR count). The van der Waals surface area contributed by atoms with Crippen LogP contribution in [0.25, 0.3) is 11.5 Å². The standard InChI is InChI=1S/C23H22F3N5O4.ClH/c1-34-22(33)31-11-5-10-30(12-13-31)17-9-8-16(14-27-17)28-20(32)18-19(23(24,25)26)35-21(29-18)15-6-3-2-4-7-15;/h2-4,6-9,14H,5,10-13H2,1H3,(H,28,32);1H. The van der Waals surface area contributed by atoms with Crippen molar-refractivity contribution in [3.8, 4) is 11.5 Å². The van der Waals surface area contributed by atoms with E-state index in [1.54, 1.807) is 29.2 Å². The number of hydrogen-bond acceptors (Lipinski definition) is 7. The summed E-state index contributed by atoms with van der Waals surface area (Å²) in [4.78, 5) is 36.1. The highest BCUT2D eigenvalue weighted by Crippen LogP contribution is 2.35. The molecule has 2 amide bonds. The molecule has 0 radical (unpaired) electrons. The van der Waals surface area contributed by atoms with Crippen LogP contribution in [-0.4, -0.2) is 60.2 Å². The number of pyridine rings is 1. The second-order valence-electron chi connectivity index (χ2n) is 7.72. The third-order valence-electron chi connectivity index (χ3n) is 5.38. The second kappa shape index (κ2) is 11.3. The number of nitrogens with zero attached hydrogens (tertiary/aromatic N) is 4. The highest BCUT2D eigenvalue weighted by Gasteiger charge is 2.42. The van der Waals surface area contributed by atoms with E-state index in [1.807, 2.05) is 4.90 Å². The van der Waals surface area contributed by atoms with Crippen molar-refractivity contribution in [2.24, 2.45) is 0 Å². The largest absolute Gasteiger partial charge is 0.453 e. The number of carbonyl (C=O) groups is 2. The minimum absolute atomic E-state index is 0. The summed E-state index contributed by atoms with van der Waals surface area (Å²) in [5.41, 5.74) is -0.357. The third kappa shape index (κ3) is 6.06. The lowest BCUT2D eigenvalue weighted by Crippen LogP contribution is -2.35. The van der Waals surface area contributed by atoms with E-state index < -0.39 is 23.5 Å². The van der Waals surface area contributed by atoms with Crippen LogP contribution in [0.5, 0.6) is 0 Å². The summed E-state index contributed by atoms with van der Waals surface area (Å²) in [7, 11) is 1.33. The molecule has 1 aromatic carbocycles. The summed E-state index contributed by atoms with van der Waals surface area (Å²) in [6.07, 6.45) is -3.23. The van der Waals surface area contributed by atoms with E-state index in [-0.39, 0.29) is 30.1 Å². The lowest BCUT2D eigenvalue weighted by Gasteiger charge is -2.22. The number of methoxy groups -OCH3 is 1. The van der Waals surface area contributed by atoms with E-state index in [2.05, 4.69) is 15.3 Å². The molecule has 36 heavy (non-hydrogen) atoms. The first-order valence-electron chi connectivity index (χ1n) is 10.7. The number of benzene rings is 1. The number of carbonyl (C=O) groups excluding carboxylic acids is 2. The molecule has 1 fully saturated rings. The molecule has 192 valence electrons. The monoisotopic (exact) mass is 525 g/mol. The Labute approximate surface area is 210 Å². The quantitative estimate of drug-likeness (QED) is 0.526. The van der Waals surface area contributed by atoms with Gasteiger partial charge in [0, 0.05) is 31.7 Å². The Morgan fingerprint density at radius 2 is 1.81 bits per heavy atom. The summed E-state index contributed by atoms with van der Waals surface area (Å²) in [6, 6.07) is 11.2. The first-order valence-corrected chi connectivity index (χ1v) is 10.7. The van der Waals surface area contributed by atoms with Crippen LogP contribution in [0.4, 0.5) is 29.5 Å². The molecule has 1 N–H and O–H groups in total. The van der Waals surface area contributed by atoms with Gasteiger partial charge in [0.25, 0.3) is 5.91 Å². The topological polar surface area (TPSA) is 101 Å². The Morgan fingerprint density at radius 1 is 1.06 bits per heavy atom. The zero-order chi connectivity index (χ0) is 25.0. The number of halogens is 4. The Hall–Kier alpha value is -3.80. The number of ether oxygens (including phenoxy) is 1. The van der Waals surface area contributed by atoms with Crippen molar-refractivity contribution in [2.45, 2.75) is 12.6 Å². The number of aromatic nitrogens is 2. The van der Waals surface area contributed by atoms with Crippen LogP contribution in [0.1, 0.15) is 22.7 Å². The zero-order valence-electron chi connectivity index (χ0n) is 19.1. The maximum atomic E-state index is 13.5. The fourth-order valence-electron chi connectivity index (χ4n) is 3.67. The van der Waals surface area contributed by atoms with Crippen LogP contribution in [0.3, 0.4) is 0 Å². The highest BCUT2D eigenvalue weighted by atomic mass is 35.5. The van der Waals surface area contributed by atoms with Gasteiger partial charge in [-0.15, -0.1) is 12.4 Å².